The van der Waals surface area contributed by atoms with Crippen molar-refractivity contribution in [1.82, 2.24) is 10.6 Å². The molecule has 0 aliphatic carbocycles. The van der Waals surface area contributed by atoms with E-state index in [0.717, 1.165) is 26.1 Å². The molecule has 0 aromatic carbocycles. The minimum Gasteiger partial charge on any atom is -0.381 e. The van der Waals surface area contributed by atoms with Crippen LogP contribution < -0.4 is 10.6 Å². The highest BCUT2D eigenvalue weighted by Gasteiger charge is 1.99. The minimum atomic E-state index is 0.557. The molecule has 0 aliphatic rings. The first-order chi connectivity index (χ1) is 6.20. The molecule has 13 heavy (non-hydrogen) atoms. The summed E-state index contributed by atoms with van der Waals surface area (Å²) in [5, 5.41) is 6.37. The Morgan fingerprint density at radius 1 is 0.923 bits per heavy atom. The second-order valence-corrected chi connectivity index (χ2v) is 3.57. The lowest BCUT2D eigenvalue weighted by molar-refractivity contribution is 0.118. The highest BCUT2D eigenvalue weighted by atomic mass is 16.5. The van der Waals surface area contributed by atoms with Gasteiger partial charge >= 0.3 is 0 Å². The highest BCUT2D eigenvalue weighted by Crippen LogP contribution is 1.94. The summed E-state index contributed by atoms with van der Waals surface area (Å²) in [4.78, 5) is 0. The zero-order valence-corrected chi connectivity index (χ0v) is 9.39. The first kappa shape index (κ1) is 12.9. The van der Waals surface area contributed by atoms with Crippen LogP contribution in [0.5, 0.6) is 0 Å². The third-order valence-corrected chi connectivity index (χ3v) is 2.38. The van der Waals surface area contributed by atoms with Crippen molar-refractivity contribution in [1.29, 1.82) is 0 Å². The summed E-state index contributed by atoms with van der Waals surface area (Å²) in [5.74, 6) is 0. The van der Waals surface area contributed by atoms with Gasteiger partial charge in [-0.3, -0.25) is 0 Å². The number of hydrogen-bond donors (Lipinski definition) is 2. The zero-order chi connectivity index (χ0) is 10.1. The van der Waals surface area contributed by atoms with Gasteiger partial charge in [-0.25, -0.2) is 0 Å². The van der Waals surface area contributed by atoms with Gasteiger partial charge < -0.3 is 15.4 Å². The molecule has 0 aromatic rings. The fraction of sp³-hybridized carbons (Fsp3) is 1.00. The molecule has 0 amide bonds. The van der Waals surface area contributed by atoms with Gasteiger partial charge in [-0.15, -0.1) is 0 Å². The second kappa shape index (κ2) is 8.48. The number of hydrogen-bond acceptors (Lipinski definition) is 3. The van der Waals surface area contributed by atoms with E-state index in [1.807, 2.05) is 14.1 Å². The Morgan fingerprint density at radius 2 is 1.31 bits per heavy atom. The van der Waals surface area contributed by atoms with Crippen LogP contribution in [0.3, 0.4) is 0 Å². The quantitative estimate of drug-likeness (QED) is 0.558. The summed E-state index contributed by atoms with van der Waals surface area (Å²) in [6, 6.07) is 1.11. The summed E-state index contributed by atoms with van der Waals surface area (Å²) < 4.78 is 5.50. The van der Waals surface area contributed by atoms with Crippen LogP contribution >= 0.6 is 0 Å². The molecule has 0 aromatic heterocycles. The fourth-order valence-electron chi connectivity index (χ4n) is 0.911. The molecule has 0 spiro atoms. The van der Waals surface area contributed by atoms with Gasteiger partial charge in [-0.1, -0.05) is 0 Å². The largest absolute Gasteiger partial charge is 0.381 e. The summed E-state index contributed by atoms with van der Waals surface area (Å²) in [7, 11) is 3.96. The van der Waals surface area contributed by atoms with Crippen molar-refractivity contribution >= 4 is 0 Å². The van der Waals surface area contributed by atoms with E-state index >= 15 is 0 Å². The SMILES string of the molecule is CNC(C)CCOCCC(C)NC. The molecule has 0 saturated heterocycles. The molecule has 2 unspecified atom stereocenters. The maximum Gasteiger partial charge on any atom is 0.0480 e. The first-order valence-corrected chi connectivity index (χ1v) is 5.13. The number of nitrogens with one attached hydrogen (secondary N) is 2. The predicted molar refractivity (Wildman–Crippen MR) is 57.1 cm³/mol. The maximum absolute atomic E-state index is 5.50. The highest BCUT2D eigenvalue weighted by molar-refractivity contribution is 4.57. The van der Waals surface area contributed by atoms with Gasteiger partial charge in [0.1, 0.15) is 0 Å². The Hall–Kier alpha value is -0.120. The molecule has 0 saturated carbocycles. The van der Waals surface area contributed by atoms with Crippen LogP contribution in [0, 0.1) is 0 Å². The molecule has 0 fully saturated rings. The van der Waals surface area contributed by atoms with Crippen molar-refractivity contribution in [2.45, 2.75) is 38.8 Å². The standard InChI is InChI=1S/C10H24N2O/c1-9(11-3)5-7-13-8-6-10(2)12-4/h9-12H,5-8H2,1-4H3. The van der Waals surface area contributed by atoms with E-state index in [9.17, 15) is 0 Å². The molecule has 0 heterocycles. The molecular formula is C10H24N2O. The van der Waals surface area contributed by atoms with Crippen molar-refractivity contribution in [3.05, 3.63) is 0 Å². The first-order valence-electron chi connectivity index (χ1n) is 5.13. The van der Waals surface area contributed by atoms with Crippen molar-refractivity contribution in [3.63, 3.8) is 0 Å². The molecule has 3 heteroatoms. The lowest BCUT2D eigenvalue weighted by Gasteiger charge is -2.12. The monoisotopic (exact) mass is 188 g/mol. The summed E-state index contributed by atoms with van der Waals surface area (Å²) in [5.41, 5.74) is 0. The molecular weight excluding hydrogens is 164 g/mol. The molecule has 2 N–H and O–H groups in total. The van der Waals surface area contributed by atoms with Gasteiger partial charge in [-0.2, -0.15) is 0 Å². The van der Waals surface area contributed by atoms with Crippen LogP contribution in [-0.2, 0) is 4.74 Å². The lowest BCUT2D eigenvalue weighted by Crippen LogP contribution is -2.24. The van der Waals surface area contributed by atoms with E-state index in [1.165, 1.54) is 0 Å². The van der Waals surface area contributed by atoms with Crippen molar-refractivity contribution in [2.75, 3.05) is 27.3 Å². The smallest absolute Gasteiger partial charge is 0.0480 e. The predicted octanol–water partition coefficient (Wildman–Crippen LogP) is 0.999. The van der Waals surface area contributed by atoms with Crippen LogP contribution in [0.2, 0.25) is 0 Å². The van der Waals surface area contributed by atoms with Crippen LogP contribution in [0.4, 0.5) is 0 Å². The zero-order valence-electron chi connectivity index (χ0n) is 9.39. The van der Waals surface area contributed by atoms with E-state index in [4.69, 9.17) is 4.74 Å². The molecule has 3 nitrogen and oxygen atoms in total. The van der Waals surface area contributed by atoms with Gasteiger partial charge in [0, 0.05) is 25.3 Å². The topological polar surface area (TPSA) is 33.3 Å². The summed E-state index contributed by atoms with van der Waals surface area (Å²) in [6.45, 7) is 6.05. The lowest BCUT2D eigenvalue weighted by atomic mass is 10.2. The average Bonchev–Trinajstić information content (AvgIpc) is 2.16. The van der Waals surface area contributed by atoms with Crippen LogP contribution in [0.15, 0.2) is 0 Å². The van der Waals surface area contributed by atoms with Crippen LogP contribution in [-0.4, -0.2) is 39.4 Å². The van der Waals surface area contributed by atoms with Crippen LogP contribution in [0.25, 0.3) is 0 Å². The maximum atomic E-state index is 5.50. The summed E-state index contributed by atoms with van der Waals surface area (Å²) in [6.07, 6.45) is 2.18. The Labute approximate surface area is 82.2 Å². The normalized spacial score (nSPS) is 15.7. The number of ether oxygens (including phenoxy) is 1. The minimum absolute atomic E-state index is 0.557. The fourth-order valence-corrected chi connectivity index (χ4v) is 0.911. The van der Waals surface area contributed by atoms with Gasteiger partial charge in [0.05, 0.1) is 0 Å². The van der Waals surface area contributed by atoms with E-state index in [-0.39, 0.29) is 0 Å². The van der Waals surface area contributed by atoms with E-state index in [1.54, 1.807) is 0 Å². The van der Waals surface area contributed by atoms with Gasteiger partial charge in [0.2, 0.25) is 0 Å². The van der Waals surface area contributed by atoms with Gasteiger partial charge in [0.15, 0.2) is 0 Å². The Morgan fingerprint density at radius 3 is 1.62 bits per heavy atom. The molecule has 0 rings (SSSR count). The van der Waals surface area contributed by atoms with E-state index < -0.39 is 0 Å². The summed E-state index contributed by atoms with van der Waals surface area (Å²) >= 11 is 0. The Balaban J connectivity index is 3.08. The van der Waals surface area contributed by atoms with Crippen molar-refractivity contribution in [3.8, 4) is 0 Å². The van der Waals surface area contributed by atoms with Crippen LogP contribution in [0.1, 0.15) is 26.7 Å². The Kier molecular flexibility index (Phi) is 8.40. The molecule has 0 radical (unpaired) electrons. The third-order valence-electron chi connectivity index (χ3n) is 2.38. The molecule has 0 bridgehead atoms. The van der Waals surface area contributed by atoms with Gasteiger partial charge in [-0.05, 0) is 40.8 Å². The van der Waals surface area contributed by atoms with Crippen molar-refractivity contribution in [2.24, 2.45) is 0 Å². The number of rotatable bonds is 8. The van der Waals surface area contributed by atoms with E-state index in [2.05, 4.69) is 24.5 Å². The molecule has 0 aliphatic heterocycles. The van der Waals surface area contributed by atoms with Crippen molar-refractivity contribution < 1.29 is 4.74 Å². The Bertz CT molecular complexity index is 97.1. The molecule has 80 valence electrons. The average molecular weight is 188 g/mol. The second-order valence-electron chi connectivity index (χ2n) is 3.57. The van der Waals surface area contributed by atoms with Gasteiger partial charge in [0.25, 0.3) is 0 Å². The molecule has 2 atom stereocenters. The van der Waals surface area contributed by atoms with E-state index in [0.29, 0.717) is 12.1 Å². The third kappa shape index (κ3) is 8.22.